The zero-order chi connectivity index (χ0) is 14.9. The van der Waals surface area contributed by atoms with E-state index >= 15 is 0 Å². The first-order chi connectivity index (χ1) is 10.3. The van der Waals surface area contributed by atoms with Gasteiger partial charge in [0.1, 0.15) is 0 Å². The topological polar surface area (TPSA) is 26.7 Å². The van der Waals surface area contributed by atoms with Crippen LogP contribution in [-0.4, -0.2) is 54.7 Å². The molecule has 1 aliphatic rings. The van der Waals surface area contributed by atoms with E-state index in [0.717, 1.165) is 18.7 Å². The summed E-state index contributed by atoms with van der Waals surface area (Å²) in [4.78, 5) is 4.93. The van der Waals surface area contributed by atoms with Gasteiger partial charge in [-0.15, -0.1) is 0 Å². The van der Waals surface area contributed by atoms with E-state index in [1.54, 1.807) is 0 Å². The SMILES string of the molecule is CN(CCN1CCCC1)Cc1ccc(C#CCCO)cc1. The lowest BCUT2D eigenvalue weighted by Gasteiger charge is -2.21. The molecule has 1 saturated heterocycles. The highest BCUT2D eigenvalue weighted by molar-refractivity contribution is 5.36. The average Bonchev–Trinajstić information content (AvgIpc) is 3.01. The van der Waals surface area contributed by atoms with E-state index in [4.69, 9.17) is 5.11 Å². The molecule has 3 nitrogen and oxygen atoms in total. The number of likely N-dealkylation sites (N-methyl/N-ethyl adjacent to an activating group) is 1. The van der Waals surface area contributed by atoms with E-state index in [1.165, 1.54) is 38.0 Å². The maximum Gasteiger partial charge on any atom is 0.0540 e. The fraction of sp³-hybridized carbons (Fsp3) is 0.556. The van der Waals surface area contributed by atoms with Crippen LogP contribution in [0.1, 0.15) is 30.4 Å². The molecule has 0 saturated carbocycles. The van der Waals surface area contributed by atoms with Gasteiger partial charge in [0.15, 0.2) is 0 Å². The van der Waals surface area contributed by atoms with Gasteiger partial charge in [0, 0.05) is 31.6 Å². The van der Waals surface area contributed by atoms with Crippen LogP contribution >= 0.6 is 0 Å². The van der Waals surface area contributed by atoms with E-state index < -0.39 is 0 Å². The Hall–Kier alpha value is -1.34. The van der Waals surface area contributed by atoms with Gasteiger partial charge in [-0.3, -0.25) is 0 Å². The number of nitrogens with zero attached hydrogens (tertiary/aromatic N) is 2. The van der Waals surface area contributed by atoms with Crippen molar-refractivity contribution in [1.29, 1.82) is 0 Å². The summed E-state index contributed by atoms with van der Waals surface area (Å²) in [5, 5.41) is 8.71. The van der Waals surface area contributed by atoms with Crippen molar-refractivity contribution < 1.29 is 5.11 Å². The molecule has 1 N–H and O–H groups in total. The molecule has 0 unspecified atom stereocenters. The Bertz CT molecular complexity index is 466. The zero-order valence-electron chi connectivity index (χ0n) is 13.0. The number of rotatable bonds is 6. The highest BCUT2D eigenvalue weighted by atomic mass is 16.2. The normalized spacial score (nSPS) is 15.2. The van der Waals surface area contributed by atoms with E-state index in [2.05, 4.69) is 53.0 Å². The lowest BCUT2D eigenvalue weighted by Crippen LogP contribution is -2.31. The Morgan fingerprint density at radius 1 is 1.19 bits per heavy atom. The van der Waals surface area contributed by atoms with Crippen molar-refractivity contribution in [2.24, 2.45) is 0 Å². The van der Waals surface area contributed by atoms with E-state index in [-0.39, 0.29) is 6.61 Å². The molecule has 1 aromatic carbocycles. The van der Waals surface area contributed by atoms with Crippen molar-refractivity contribution in [1.82, 2.24) is 9.80 Å². The molecule has 21 heavy (non-hydrogen) atoms. The Labute approximate surface area is 128 Å². The van der Waals surface area contributed by atoms with Crippen LogP contribution < -0.4 is 0 Å². The minimum absolute atomic E-state index is 0.132. The maximum atomic E-state index is 8.71. The Balaban J connectivity index is 1.75. The summed E-state index contributed by atoms with van der Waals surface area (Å²) >= 11 is 0. The first kappa shape index (κ1) is 16.0. The predicted octanol–water partition coefficient (Wildman–Crippen LogP) is 1.95. The second kappa shape index (κ2) is 8.84. The molecule has 0 aromatic heterocycles. The molecular formula is C18H26N2O. The molecule has 0 bridgehead atoms. The van der Waals surface area contributed by atoms with E-state index in [0.29, 0.717) is 6.42 Å². The summed E-state index contributed by atoms with van der Waals surface area (Å²) in [5.41, 5.74) is 2.35. The molecule has 114 valence electrons. The maximum absolute atomic E-state index is 8.71. The van der Waals surface area contributed by atoms with Crippen LogP contribution in [0.4, 0.5) is 0 Å². The minimum Gasteiger partial charge on any atom is -0.395 e. The molecular weight excluding hydrogens is 260 g/mol. The van der Waals surface area contributed by atoms with Crippen LogP contribution in [0.2, 0.25) is 0 Å². The molecule has 2 rings (SSSR count). The van der Waals surface area contributed by atoms with Gasteiger partial charge in [-0.2, -0.15) is 0 Å². The molecule has 1 heterocycles. The fourth-order valence-electron chi connectivity index (χ4n) is 2.62. The van der Waals surface area contributed by atoms with Gasteiger partial charge in [-0.25, -0.2) is 0 Å². The fourth-order valence-corrected chi connectivity index (χ4v) is 2.62. The third kappa shape index (κ3) is 5.89. The number of aliphatic hydroxyl groups excluding tert-OH is 1. The highest BCUT2D eigenvalue weighted by Gasteiger charge is 2.11. The summed E-state index contributed by atoms with van der Waals surface area (Å²) < 4.78 is 0. The molecule has 1 aromatic rings. The van der Waals surface area contributed by atoms with Crippen molar-refractivity contribution >= 4 is 0 Å². The van der Waals surface area contributed by atoms with Gasteiger partial charge in [-0.1, -0.05) is 24.0 Å². The zero-order valence-corrected chi connectivity index (χ0v) is 13.0. The van der Waals surface area contributed by atoms with Crippen LogP contribution in [0.3, 0.4) is 0 Å². The predicted molar refractivity (Wildman–Crippen MR) is 87.0 cm³/mol. The molecule has 1 aliphatic heterocycles. The quantitative estimate of drug-likeness (QED) is 0.810. The lowest BCUT2D eigenvalue weighted by atomic mass is 10.1. The van der Waals surface area contributed by atoms with Gasteiger partial charge in [0.05, 0.1) is 6.61 Å². The molecule has 0 atom stereocenters. The molecule has 0 aliphatic carbocycles. The summed E-state index contributed by atoms with van der Waals surface area (Å²) in [6, 6.07) is 8.42. The summed E-state index contributed by atoms with van der Waals surface area (Å²) in [7, 11) is 2.19. The monoisotopic (exact) mass is 286 g/mol. The van der Waals surface area contributed by atoms with Crippen LogP contribution in [-0.2, 0) is 6.54 Å². The third-order valence-corrected chi connectivity index (χ3v) is 3.87. The standard InChI is InChI=1S/C18H26N2O/c1-19(13-14-20-11-3-4-12-20)16-18-9-7-17(8-10-18)6-2-5-15-21/h7-10,21H,3-5,11-16H2,1H3. The number of hydrogen-bond donors (Lipinski definition) is 1. The molecule has 0 radical (unpaired) electrons. The summed E-state index contributed by atoms with van der Waals surface area (Å²) in [6.07, 6.45) is 3.27. The van der Waals surface area contributed by atoms with Crippen molar-refractivity contribution in [3.63, 3.8) is 0 Å². The van der Waals surface area contributed by atoms with Crippen molar-refractivity contribution in [3.8, 4) is 11.8 Å². The lowest BCUT2D eigenvalue weighted by molar-refractivity contribution is 0.252. The Morgan fingerprint density at radius 2 is 1.90 bits per heavy atom. The number of aliphatic hydroxyl groups is 1. The minimum atomic E-state index is 0.132. The molecule has 1 fully saturated rings. The van der Waals surface area contributed by atoms with Crippen LogP contribution in [0.5, 0.6) is 0 Å². The van der Waals surface area contributed by atoms with E-state index in [1.807, 2.05) is 0 Å². The van der Waals surface area contributed by atoms with Crippen LogP contribution in [0.25, 0.3) is 0 Å². The molecule has 0 spiro atoms. The smallest absolute Gasteiger partial charge is 0.0540 e. The van der Waals surface area contributed by atoms with Gasteiger partial charge in [0.25, 0.3) is 0 Å². The Morgan fingerprint density at radius 3 is 2.57 bits per heavy atom. The first-order valence-corrected chi connectivity index (χ1v) is 7.87. The van der Waals surface area contributed by atoms with Crippen molar-refractivity contribution in [3.05, 3.63) is 35.4 Å². The first-order valence-electron chi connectivity index (χ1n) is 7.87. The summed E-state index contributed by atoms with van der Waals surface area (Å²) in [5.74, 6) is 6.01. The van der Waals surface area contributed by atoms with Gasteiger partial charge in [0.2, 0.25) is 0 Å². The van der Waals surface area contributed by atoms with Gasteiger partial charge < -0.3 is 14.9 Å². The average molecular weight is 286 g/mol. The molecule has 3 heteroatoms. The second-order valence-corrected chi connectivity index (χ2v) is 5.76. The molecule has 0 amide bonds. The van der Waals surface area contributed by atoms with Crippen LogP contribution in [0, 0.1) is 11.8 Å². The number of benzene rings is 1. The third-order valence-electron chi connectivity index (χ3n) is 3.87. The van der Waals surface area contributed by atoms with Crippen molar-refractivity contribution in [2.75, 3.05) is 39.8 Å². The van der Waals surface area contributed by atoms with E-state index in [9.17, 15) is 0 Å². The number of likely N-dealkylation sites (tertiary alicyclic amines) is 1. The summed E-state index contributed by atoms with van der Waals surface area (Å²) in [6.45, 7) is 5.97. The largest absolute Gasteiger partial charge is 0.395 e. The van der Waals surface area contributed by atoms with Gasteiger partial charge in [-0.05, 0) is 50.7 Å². The van der Waals surface area contributed by atoms with Crippen molar-refractivity contribution in [2.45, 2.75) is 25.8 Å². The second-order valence-electron chi connectivity index (χ2n) is 5.76. The highest BCUT2D eigenvalue weighted by Crippen LogP contribution is 2.09. The van der Waals surface area contributed by atoms with Gasteiger partial charge >= 0.3 is 0 Å². The number of hydrogen-bond acceptors (Lipinski definition) is 3. The Kier molecular flexibility index (Phi) is 6.75. The van der Waals surface area contributed by atoms with Crippen LogP contribution in [0.15, 0.2) is 24.3 Å².